The summed E-state index contributed by atoms with van der Waals surface area (Å²) < 4.78 is 6.24. The zero-order valence-corrected chi connectivity index (χ0v) is 26.1. The number of pyridine rings is 1. The molecule has 1 aliphatic rings. The number of hydrogen-bond donors (Lipinski definition) is 0. The number of aryl methyl sites for hydroxylation is 1. The second kappa shape index (κ2) is 11.9. The van der Waals surface area contributed by atoms with Gasteiger partial charge < -0.3 is 9.32 Å². The monoisotopic (exact) mass is 566 g/mol. The lowest BCUT2D eigenvalue weighted by Gasteiger charge is -2.42. The summed E-state index contributed by atoms with van der Waals surface area (Å²) in [5.41, 5.74) is 7.88. The molecule has 1 amide bonds. The molecule has 0 spiro atoms. The molecular formula is C36H42N2O2S. The summed E-state index contributed by atoms with van der Waals surface area (Å²) in [5.74, 6) is 1.11. The van der Waals surface area contributed by atoms with Crippen molar-refractivity contribution in [1.82, 2.24) is 9.88 Å². The lowest BCUT2D eigenvalue weighted by atomic mass is 9.62. The number of fused-ring (bicyclic) bond motifs is 1. The second-order valence-electron chi connectivity index (χ2n) is 12.7. The summed E-state index contributed by atoms with van der Waals surface area (Å²) >= 11 is 1.71. The fourth-order valence-corrected chi connectivity index (χ4v) is 6.30. The van der Waals surface area contributed by atoms with Crippen molar-refractivity contribution in [1.29, 1.82) is 0 Å². The van der Waals surface area contributed by atoms with Gasteiger partial charge in [0.1, 0.15) is 5.76 Å². The number of benzene rings is 2. The number of furan rings is 1. The Morgan fingerprint density at radius 2 is 1.66 bits per heavy atom. The lowest BCUT2D eigenvalue weighted by Crippen LogP contribution is -2.34. The number of carbonyl (C=O) groups is 1. The van der Waals surface area contributed by atoms with E-state index in [9.17, 15) is 4.79 Å². The van der Waals surface area contributed by atoms with Crippen LogP contribution in [0.2, 0.25) is 0 Å². The molecule has 4 aromatic rings. The molecule has 214 valence electrons. The van der Waals surface area contributed by atoms with Crippen molar-refractivity contribution in [3.05, 3.63) is 118 Å². The van der Waals surface area contributed by atoms with Crippen molar-refractivity contribution in [2.24, 2.45) is 0 Å². The minimum Gasteiger partial charge on any atom is -0.456 e. The summed E-state index contributed by atoms with van der Waals surface area (Å²) in [6.07, 6.45) is 7.61. The van der Waals surface area contributed by atoms with Gasteiger partial charge in [-0.25, -0.2) is 0 Å². The summed E-state index contributed by atoms with van der Waals surface area (Å²) in [6.45, 7) is 12.7. The van der Waals surface area contributed by atoms with E-state index < -0.39 is 0 Å². The summed E-state index contributed by atoms with van der Waals surface area (Å²) in [5, 5.41) is 0. The highest BCUT2D eigenvalue weighted by Crippen LogP contribution is 2.46. The highest BCUT2D eigenvalue weighted by atomic mass is 32.2. The second-order valence-corrected chi connectivity index (χ2v) is 13.6. The Balaban J connectivity index is 1.37. The standard InChI is InChI=1S/C36H42N2O2S/c1-25-21-31-32(36(4,5)18-17-35(31,2)3)23-27(25)22-29-12-15-33(40-29)34(39)38(20-16-28-9-7-8-19-37-28)24-26-10-13-30(41-6)14-11-26/h7-15,19,21,23H,16-18,20,22,24H2,1-6H3. The van der Waals surface area contributed by atoms with E-state index in [1.54, 1.807) is 18.0 Å². The van der Waals surface area contributed by atoms with Gasteiger partial charge in [0.05, 0.1) is 0 Å². The van der Waals surface area contributed by atoms with Crippen LogP contribution in [0.3, 0.4) is 0 Å². The predicted molar refractivity (Wildman–Crippen MR) is 169 cm³/mol. The normalized spacial score (nSPS) is 15.4. The molecule has 0 N–H and O–H groups in total. The molecule has 0 aliphatic heterocycles. The third kappa shape index (κ3) is 6.62. The first-order valence-corrected chi connectivity index (χ1v) is 15.8. The first-order chi connectivity index (χ1) is 19.6. The molecule has 0 fully saturated rings. The average Bonchev–Trinajstić information content (AvgIpc) is 3.43. The largest absolute Gasteiger partial charge is 0.456 e. The fraction of sp³-hybridized carbons (Fsp3) is 0.389. The van der Waals surface area contributed by atoms with Crippen LogP contribution in [-0.4, -0.2) is 28.6 Å². The Morgan fingerprint density at radius 3 is 2.32 bits per heavy atom. The zero-order valence-electron chi connectivity index (χ0n) is 25.3. The number of thioether (sulfide) groups is 1. The average molecular weight is 567 g/mol. The molecule has 5 rings (SSSR count). The number of nitrogens with zero attached hydrogens (tertiary/aromatic N) is 2. The van der Waals surface area contributed by atoms with Gasteiger partial charge in [-0.05, 0) is 101 Å². The molecule has 0 saturated heterocycles. The molecule has 1 aliphatic carbocycles. The van der Waals surface area contributed by atoms with Crippen LogP contribution in [0.5, 0.6) is 0 Å². The zero-order chi connectivity index (χ0) is 29.2. The van der Waals surface area contributed by atoms with Crippen molar-refractivity contribution in [3.63, 3.8) is 0 Å². The smallest absolute Gasteiger partial charge is 0.289 e. The van der Waals surface area contributed by atoms with Crippen molar-refractivity contribution in [2.45, 2.75) is 82.6 Å². The summed E-state index contributed by atoms with van der Waals surface area (Å²) in [7, 11) is 0. The van der Waals surface area contributed by atoms with Crippen molar-refractivity contribution < 1.29 is 9.21 Å². The number of amides is 1. The first kappa shape index (κ1) is 29.2. The molecule has 0 atom stereocenters. The Labute approximate surface area is 249 Å². The van der Waals surface area contributed by atoms with Crippen LogP contribution in [0.4, 0.5) is 0 Å². The van der Waals surface area contributed by atoms with Crippen LogP contribution in [0.25, 0.3) is 0 Å². The van der Waals surface area contributed by atoms with Gasteiger partial charge in [0.25, 0.3) is 5.91 Å². The molecule has 0 radical (unpaired) electrons. The van der Waals surface area contributed by atoms with Crippen molar-refractivity contribution >= 4 is 17.7 Å². The van der Waals surface area contributed by atoms with Crippen LogP contribution in [0.15, 0.2) is 82.2 Å². The predicted octanol–water partition coefficient (Wildman–Crippen LogP) is 8.53. The van der Waals surface area contributed by atoms with E-state index in [-0.39, 0.29) is 16.7 Å². The number of carbonyl (C=O) groups excluding carboxylic acids is 1. The Kier molecular flexibility index (Phi) is 8.47. The van der Waals surface area contributed by atoms with E-state index in [0.717, 1.165) is 17.0 Å². The summed E-state index contributed by atoms with van der Waals surface area (Å²) in [6, 6.07) is 22.9. The Hall–Kier alpha value is -3.31. The van der Waals surface area contributed by atoms with E-state index in [0.29, 0.717) is 31.7 Å². The molecule has 5 heteroatoms. The molecule has 0 unspecified atom stereocenters. The van der Waals surface area contributed by atoms with E-state index in [2.05, 4.69) is 82.3 Å². The van der Waals surface area contributed by atoms with Gasteiger partial charge in [-0.2, -0.15) is 0 Å². The van der Waals surface area contributed by atoms with Gasteiger partial charge >= 0.3 is 0 Å². The molecule has 41 heavy (non-hydrogen) atoms. The minimum atomic E-state index is -0.0915. The van der Waals surface area contributed by atoms with Gasteiger partial charge in [-0.1, -0.05) is 58.0 Å². The van der Waals surface area contributed by atoms with Crippen molar-refractivity contribution in [3.8, 4) is 0 Å². The van der Waals surface area contributed by atoms with E-state index in [1.807, 2.05) is 35.2 Å². The van der Waals surface area contributed by atoms with Crippen LogP contribution in [0.1, 0.15) is 90.4 Å². The highest BCUT2D eigenvalue weighted by molar-refractivity contribution is 7.98. The molecule has 0 bridgehead atoms. The Morgan fingerprint density at radius 1 is 0.951 bits per heavy atom. The molecule has 2 heterocycles. The summed E-state index contributed by atoms with van der Waals surface area (Å²) in [4.78, 5) is 21.3. The van der Waals surface area contributed by atoms with Crippen LogP contribution in [0, 0.1) is 6.92 Å². The maximum atomic E-state index is 13.8. The van der Waals surface area contributed by atoms with Crippen LogP contribution in [-0.2, 0) is 30.2 Å². The number of hydrogen-bond acceptors (Lipinski definition) is 4. The maximum Gasteiger partial charge on any atom is 0.289 e. The van der Waals surface area contributed by atoms with E-state index in [1.165, 1.54) is 40.0 Å². The number of rotatable bonds is 9. The van der Waals surface area contributed by atoms with Gasteiger partial charge in [-0.15, -0.1) is 11.8 Å². The molecule has 0 saturated carbocycles. The molecule has 2 aromatic carbocycles. The van der Waals surface area contributed by atoms with Gasteiger partial charge in [-0.3, -0.25) is 9.78 Å². The lowest BCUT2D eigenvalue weighted by molar-refractivity contribution is 0.0710. The number of aromatic nitrogens is 1. The van der Waals surface area contributed by atoms with Crippen LogP contribution < -0.4 is 0 Å². The van der Waals surface area contributed by atoms with E-state index >= 15 is 0 Å². The quantitative estimate of drug-likeness (QED) is 0.191. The third-order valence-corrected chi connectivity index (χ3v) is 9.47. The highest BCUT2D eigenvalue weighted by Gasteiger charge is 2.37. The van der Waals surface area contributed by atoms with Crippen LogP contribution >= 0.6 is 11.8 Å². The Bertz CT molecular complexity index is 1500. The minimum absolute atomic E-state index is 0.0915. The topological polar surface area (TPSA) is 46.3 Å². The molecule has 2 aromatic heterocycles. The van der Waals surface area contributed by atoms with Crippen molar-refractivity contribution in [2.75, 3.05) is 12.8 Å². The van der Waals surface area contributed by atoms with Gasteiger partial charge in [0, 0.05) is 42.7 Å². The molecule has 4 nitrogen and oxygen atoms in total. The van der Waals surface area contributed by atoms with E-state index in [4.69, 9.17) is 4.42 Å². The van der Waals surface area contributed by atoms with Gasteiger partial charge in [0.15, 0.2) is 5.76 Å². The SMILES string of the molecule is CSc1ccc(CN(CCc2ccccn2)C(=O)c2ccc(Cc3cc4c(cc3C)C(C)(C)CCC4(C)C)o2)cc1. The van der Waals surface area contributed by atoms with Gasteiger partial charge in [0.2, 0.25) is 0 Å². The third-order valence-electron chi connectivity index (χ3n) is 8.73. The first-order valence-electron chi connectivity index (χ1n) is 14.6. The maximum absolute atomic E-state index is 13.8. The molecular weight excluding hydrogens is 524 g/mol. The fourth-order valence-electron chi connectivity index (χ4n) is 5.89.